The van der Waals surface area contributed by atoms with E-state index in [0.29, 0.717) is 22.3 Å². The van der Waals surface area contributed by atoms with Crippen LogP contribution in [0.2, 0.25) is 0 Å². The predicted octanol–water partition coefficient (Wildman–Crippen LogP) is 4.33. The molecule has 0 atom stereocenters. The van der Waals surface area contributed by atoms with Gasteiger partial charge in [0.1, 0.15) is 5.76 Å². The molecule has 2 amide bonds. The third kappa shape index (κ3) is 3.53. The Hall–Kier alpha value is -4.65. The summed E-state index contributed by atoms with van der Waals surface area (Å²) < 4.78 is 7.93. The summed E-state index contributed by atoms with van der Waals surface area (Å²) >= 11 is 0. The number of carbonyl (C=O) groups excluding carboxylic acids is 2. The fourth-order valence-corrected chi connectivity index (χ4v) is 4.12. The van der Waals surface area contributed by atoms with Gasteiger partial charge < -0.3 is 8.98 Å². The van der Waals surface area contributed by atoms with Crippen LogP contribution < -0.4 is 16.3 Å². The fourth-order valence-electron chi connectivity index (χ4n) is 4.12. The number of hydrogen-bond donors (Lipinski definition) is 2. The summed E-state index contributed by atoms with van der Waals surface area (Å²) in [6, 6.07) is 21.5. The van der Waals surface area contributed by atoms with Gasteiger partial charge in [0.15, 0.2) is 11.0 Å². The van der Waals surface area contributed by atoms with Gasteiger partial charge in [0.2, 0.25) is 0 Å². The number of fused-ring (bicyclic) bond motifs is 2. The van der Waals surface area contributed by atoms with Crippen molar-refractivity contribution >= 4 is 33.7 Å². The molecule has 3 aromatic carbocycles. The van der Waals surface area contributed by atoms with Crippen molar-refractivity contribution in [3.8, 4) is 11.3 Å². The van der Waals surface area contributed by atoms with Gasteiger partial charge in [-0.2, -0.15) is 0 Å². The molecule has 0 saturated carbocycles. The van der Waals surface area contributed by atoms with Crippen LogP contribution in [0.5, 0.6) is 0 Å². The summed E-state index contributed by atoms with van der Waals surface area (Å²) in [4.78, 5) is 38.8. The summed E-state index contributed by atoms with van der Waals surface area (Å²) in [6.07, 6.45) is 1.71. The first-order valence-corrected chi connectivity index (χ1v) is 10.7. The Labute approximate surface area is 194 Å². The van der Waals surface area contributed by atoms with Crippen molar-refractivity contribution < 1.29 is 14.0 Å². The molecule has 34 heavy (non-hydrogen) atoms. The summed E-state index contributed by atoms with van der Waals surface area (Å²) in [5.74, 6) is -0.643. The number of para-hydroxylation sites is 2. The first-order chi connectivity index (χ1) is 16.5. The van der Waals surface area contributed by atoms with E-state index in [0.717, 1.165) is 16.5 Å². The van der Waals surface area contributed by atoms with Crippen molar-refractivity contribution in [3.05, 3.63) is 106 Å². The van der Waals surface area contributed by atoms with Crippen molar-refractivity contribution in [1.29, 1.82) is 0 Å². The van der Waals surface area contributed by atoms with Crippen LogP contribution in [0, 0.1) is 6.92 Å². The Morgan fingerprint density at radius 1 is 0.794 bits per heavy atom. The summed E-state index contributed by atoms with van der Waals surface area (Å²) in [6.45, 7) is 1.70. The maximum absolute atomic E-state index is 13.0. The number of hydrogen-bond acceptors (Lipinski definition) is 4. The van der Waals surface area contributed by atoms with E-state index in [2.05, 4.69) is 10.9 Å². The lowest BCUT2D eigenvalue weighted by atomic mass is 10.0. The molecule has 0 saturated heterocycles. The maximum Gasteiger partial charge on any atom is 0.273 e. The van der Waals surface area contributed by atoms with E-state index >= 15 is 0 Å². The molecule has 168 valence electrons. The van der Waals surface area contributed by atoms with E-state index in [9.17, 15) is 14.4 Å². The highest BCUT2D eigenvalue weighted by Gasteiger charge is 2.20. The molecule has 2 N–H and O–H groups in total. The van der Waals surface area contributed by atoms with Crippen molar-refractivity contribution in [2.75, 3.05) is 0 Å². The van der Waals surface area contributed by atoms with E-state index in [4.69, 9.17) is 4.42 Å². The van der Waals surface area contributed by atoms with Gasteiger partial charge >= 0.3 is 0 Å². The molecule has 0 fully saturated rings. The molecule has 5 rings (SSSR count). The largest absolute Gasteiger partial charge is 0.455 e. The van der Waals surface area contributed by atoms with Crippen LogP contribution in [0.3, 0.4) is 0 Å². The van der Waals surface area contributed by atoms with Crippen molar-refractivity contribution in [1.82, 2.24) is 15.4 Å². The molecule has 2 heterocycles. The number of amides is 2. The molecule has 2 aromatic heterocycles. The second-order valence-electron chi connectivity index (χ2n) is 8.01. The zero-order valence-electron chi connectivity index (χ0n) is 18.6. The van der Waals surface area contributed by atoms with Crippen molar-refractivity contribution in [2.45, 2.75) is 6.92 Å². The minimum Gasteiger partial charge on any atom is -0.455 e. The smallest absolute Gasteiger partial charge is 0.273 e. The van der Waals surface area contributed by atoms with Gasteiger partial charge in [-0.3, -0.25) is 25.2 Å². The number of nitrogens with zero attached hydrogens (tertiary/aromatic N) is 1. The molecule has 0 spiro atoms. The zero-order valence-corrected chi connectivity index (χ0v) is 18.6. The average Bonchev–Trinajstić information content (AvgIpc) is 3.21. The molecule has 0 aliphatic heterocycles. The van der Waals surface area contributed by atoms with Gasteiger partial charge in [0.05, 0.1) is 16.5 Å². The van der Waals surface area contributed by atoms with Crippen LogP contribution in [0.25, 0.3) is 33.2 Å². The highest BCUT2D eigenvalue weighted by atomic mass is 16.3. The molecule has 5 aromatic rings. The normalized spacial score (nSPS) is 11.0. The van der Waals surface area contributed by atoms with E-state index < -0.39 is 11.8 Å². The van der Waals surface area contributed by atoms with Crippen LogP contribution in [-0.4, -0.2) is 16.4 Å². The molecule has 0 radical (unpaired) electrons. The number of benzene rings is 3. The first kappa shape index (κ1) is 21.2. The van der Waals surface area contributed by atoms with Crippen LogP contribution in [0.15, 0.2) is 88.2 Å². The van der Waals surface area contributed by atoms with Gasteiger partial charge in [-0.25, -0.2) is 0 Å². The van der Waals surface area contributed by atoms with Crippen LogP contribution in [0.1, 0.15) is 26.3 Å². The minimum atomic E-state index is -0.592. The predicted molar refractivity (Wildman–Crippen MR) is 131 cm³/mol. The minimum absolute atomic E-state index is 0.144. The van der Waals surface area contributed by atoms with Gasteiger partial charge in [0.25, 0.3) is 11.8 Å². The Morgan fingerprint density at radius 3 is 2.21 bits per heavy atom. The van der Waals surface area contributed by atoms with E-state index in [1.807, 2.05) is 66.2 Å². The number of aryl methyl sites for hydroxylation is 1. The average molecular weight is 451 g/mol. The van der Waals surface area contributed by atoms with Crippen LogP contribution in [0.4, 0.5) is 0 Å². The summed E-state index contributed by atoms with van der Waals surface area (Å²) in [7, 11) is 1.85. The lowest BCUT2D eigenvalue weighted by Gasteiger charge is -2.11. The second kappa shape index (κ2) is 8.37. The number of hydrazine groups is 1. The SMILES string of the molecule is Cc1c(-c2ccccc2)oc2c(C(=O)NNC(=O)c3cn(C)c4ccccc34)cccc2c1=O. The lowest BCUT2D eigenvalue weighted by molar-refractivity contribution is 0.0848. The van der Waals surface area contributed by atoms with Crippen molar-refractivity contribution in [2.24, 2.45) is 7.05 Å². The fraction of sp³-hybridized carbons (Fsp3) is 0.0741. The third-order valence-corrected chi connectivity index (χ3v) is 5.86. The third-order valence-electron chi connectivity index (χ3n) is 5.86. The van der Waals surface area contributed by atoms with Crippen molar-refractivity contribution in [3.63, 3.8) is 0 Å². The summed E-state index contributed by atoms with van der Waals surface area (Å²) in [5, 5.41) is 1.07. The van der Waals surface area contributed by atoms with E-state index in [1.54, 1.807) is 31.3 Å². The molecule has 7 heteroatoms. The molecular formula is C27H21N3O4. The Bertz CT molecular complexity index is 1630. The van der Waals surface area contributed by atoms with Gasteiger partial charge in [-0.15, -0.1) is 0 Å². The standard InChI is InChI=1S/C27H21N3O4/c1-16-23(31)19-12-8-13-20(25(19)34-24(16)17-9-4-3-5-10-17)26(32)28-29-27(33)21-15-30(2)22-14-7-6-11-18(21)22/h3-15H,1-2H3,(H,28,32)(H,29,33). The number of rotatable bonds is 3. The molecular weight excluding hydrogens is 430 g/mol. The van der Waals surface area contributed by atoms with Crippen LogP contribution in [-0.2, 0) is 7.05 Å². The molecule has 7 nitrogen and oxygen atoms in total. The quantitative estimate of drug-likeness (QED) is 0.399. The maximum atomic E-state index is 13.0. The first-order valence-electron chi connectivity index (χ1n) is 10.7. The highest BCUT2D eigenvalue weighted by molar-refractivity contribution is 6.09. The lowest BCUT2D eigenvalue weighted by Crippen LogP contribution is -2.41. The molecule has 0 aliphatic rings. The van der Waals surface area contributed by atoms with E-state index in [-0.39, 0.29) is 16.6 Å². The zero-order chi connectivity index (χ0) is 23.8. The van der Waals surface area contributed by atoms with Gasteiger partial charge in [-0.1, -0.05) is 54.6 Å². The number of nitrogens with one attached hydrogen (secondary N) is 2. The van der Waals surface area contributed by atoms with Gasteiger partial charge in [0, 0.05) is 35.3 Å². The summed E-state index contributed by atoms with van der Waals surface area (Å²) in [5.41, 5.74) is 7.54. The number of aromatic nitrogens is 1. The monoisotopic (exact) mass is 451 g/mol. The Balaban J connectivity index is 1.48. The highest BCUT2D eigenvalue weighted by Crippen LogP contribution is 2.27. The van der Waals surface area contributed by atoms with Gasteiger partial charge in [-0.05, 0) is 25.1 Å². The topological polar surface area (TPSA) is 93.3 Å². The number of carbonyl (C=O) groups is 2. The molecule has 0 aliphatic carbocycles. The Morgan fingerprint density at radius 2 is 1.44 bits per heavy atom. The molecule has 0 bridgehead atoms. The molecule has 0 unspecified atom stereocenters. The van der Waals surface area contributed by atoms with Crippen LogP contribution >= 0.6 is 0 Å². The Kier molecular flexibility index (Phi) is 5.22. The van der Waals surface area contributed by atoms with E-state index in [1.165, 1.54) is 0 Å². The second-order valence-corrected chi connectivity index (χ2v) is 8.01.